The van der Waals surface area contributed by atoms with Crippen molar-refractivity contribution in [1.29, 1.82) is 0 Å². The van der Waals surface area contributed by atoms with Crippen LogP contribution >= 0.6 is 23.2 Å². The average Bonchev–Trinajstić information content (AvgIpc) is 2.26. The summed E-state index contributed by atoms with van der Waals surface area (Å²) in [5.41, 5.74) is 0.249. The summed E-state index contributed by atoms with van der Waals surface area (Å²) < 4.78 is 4.58. The molecule has 0 atom stereocenters. The van der Waals surface area contributed by atoms with Crippen molar-refractivity contribution in [3.63, 3.8) is 0 Å². The van der Waals surface area contributed by atoms with Crippen molar-refractivity contribution < 1.29 is 14.3 Å². The van der Waals surface area contributed by atoms with E-state index in [0.29, 0.717) is 5.02 Å². The second-order valence-electron chi connectivity index (χ2n) is 2.66. The van der Waals surface area contributed by atoms with Gasteiger partial charge in [-0.1, -0.05) is 11.6 Å². The number of Topliss-reactive ketones (excluding diaryl/α,β-unsaturated/α-hetero) is 1. The van der Waals surface area contributed by atoms with Crippen LogP contribution in [0.2, 0.25) is 5.02 Å². The fraction of sp³-hybridized carbons (Fsp3) is 0.200. The van der Waals surface area contributed by atoms with E-state index in [1.54, 1.807) is 0 Å². The molecule has 0 aliphatic heterocycles. The topological polar surface area (TPSA) is 43.4 Å². The third-order valence-corrected chi connectivity index (χ3v) is 2.01. The number of esters is 1. The Morgan fingerprint density at radius 2 is 1.80 bits per heavy atom. The van der Waals surface area contributed by atoms with Gasteiger partial charge in [0.2, 0.25) is 0 Å². The van der Waals surface area contributed by atoms with Crippen LogP contribution in [0.5, 0.6) is 0 Å². The van der Waals surface area contributed by atoms with E-state index >= 15 is 0 Å². The Morgan fingerprint density at radius 1 is 1.20 bits per heavy atom. The number of ether oxygens (including phenoxy) is 1. The molecule has 5 heteroatoms. The van der Waals surface area contributed by atoms with Crippen molar-refractivity contribution in [3.8, 4) is 0 Å². The third-order valence-electron chi connectivity index (χ3n) is 1.60. The fourth-order valence-electron chi connectivity index (χ4n) is 0.916. The third kappa shape index (κ3) is 3.53. The second-order valence-corrected chi connectivity index (χ2v) is 3.48. The van der Waals surface area contributed by atoms with Gasteiger partial charge in [-0.15, -0.1) is 11.6 Å². The van der Waals surface area contributed by atoms with Gasteiger partial charge in [-0.25, -0.2) is 4.79 Å². The molecule has 15 heavy (non-hydrogen) atoms. The van der Waals surface area contributed by atoms with E-state index in [0.717, 1.165) is 0 Å². The molecule has 0 amide bonds. The van der Waals surface area contributed by atoms with Crippen LogP contribution in [0.4, 0.5) is 0 Å². The van der Waals surface area contributed by atoms with E-state index in [4.69, 9.17) is 23.2 Å². The SMILES string of the molecule is O=C(OCCCl)C(=O)c1ccc(Cl)cc1. The quantitative estimate of drug-likeness (QED) is 0.355. The zero-order valence-corrected chi connectivity index (χ0v) is 9.22. The molecule has 0 aliphatic carbocycles. The summed E-state index contributed by atoms with van der Waals surface area (Å²) in [6.07, 6.45) is 0. The van der Waals surface area contributed by atoms with E-state index in [2.05, 4.69) is 4.74 Å². The molecule has 0 saturated heterocycles. The molecule has 0 aliphatic rings. The van der Waals surface area contributed by atoms with E-state index in [-0.39, 0.29) is 18.1 Å². The number of carbonyl (C=O) groups excluding carboxylic acids is 2. The number of benzene rings is 1. The van der Waals surface area contributed by atoms with Crippen LogP contribution in [0.3, 0.4) is 0 Å². The van der Waals surface area contributed by atoms with Crippen molar-refractivity contribution in [2.45, 2.75) is 0 Å². The zero-order chi connectivity index (χ0) is 11.3. The Bertz CT molecular complexity index is 359. The van der Waals surface area contributed by atoms with E-state index in [9.17, 15) is 9.59 Å². The molecule has 3 nitrogen and oxygen atoms in total. The normalized spacial score (nSPS) is 9.73. The Morgan fingerprint density at radius 3 is 2.33 bits per heavy atom. The van der Waals surface area contributed by atoms with Crippen LogP contribution in [0.1, 0.15) is 10.4 Å². The standard InChI is InChI=1S/C10H8Cl2O3/c11-5-6-15-10(14)9(13)7-1-3-8(12)4-2-7/h1-4H,5-6H2. The van der Waals surface area contributed by atoms with Crippen molar-refractivity contribution in [1.82, 2.24) is 0 Å². The molecule has 1 aromatic carbocycles. The van der Waals surface area contributed by atoms with Gasteiger partial charge in [0, 0.05) is 10.6 Å². The van der Waals surface area contributed by atoms with Crippen molar-refractivity contribution >= 4 is 35.0 Å². The zero-order valence-electron chi connectivity index (χ0n) is 7.70. The summed E-state index contributed by atoms with van der Waals surface area (Å²) in [4.78, 5) is 22.5. The molecule has 0 fully saturated rings. The predicted octanol–water partition coefficient (Wildman–Crippen LogP) is 2.30. The van der Waals surface area contributed by atoms with E-state index in [1.165, 1.54) is 24.3 Å². The molecule has 0 saturated carbocycles. The number of carbonyl (C=O) groups is 2. The van der Waals surface area contributed by atoms with Crippen LogP contribution in [-0.2, 0) is 9.53 Å². The van der Waals surface area contributed by atoms with Gasteiger partial charge in [-0.05, 0) is 24.3 Å². The first kappa shape index (κ1) is 12.0. The van der Waals surface area contributed by atoms with Crippen LogP contribution in [0.15, 0.2) is 24.3 Å². The maximum Gasteiger partial charge on any atom is 0.379 e. The van der Waals surface area contributed by atoms with Crippen LogP contribution in [0, 0.1) is 0 Å². The van der Waals surface area contributed by atoms with Crippen LogP contribution < -0.4 is 0 Å². The Balaban J connectivity index is 2.68. The molecule has 0 aromatic heterocycles. The second kappa shape index (κ2) is 5.73. The Kier molecular flexibility index (Phi) is 4.59. The molecular weight excluding hydrogens is 239 g/mol. The molecule has 0 unspecified atom stereocenters. The minimum atomic E-state index is -0.905. The lowest BCUT2D eigenvalue weighted by Gasteiger charge is -2.01. The summed E-state index contributed by atoms with van der Waals surface area (Å²) in [6, 6.07) is 5.99. The molecule has 80 valence electrons. The molecule has 0 bridgehead atoms. The number of alkyl halides is 1. The highest BCUT2D eigenvalue weighted by atomic mass is 35.5. The van der Waals surface area contributed by atoms with Crippen molar-refractivity contribution in [2.75, 3.05) is 12.5 Å². The number of ketones is 1. The first-order valence-electron chi connectivity index (χ1n) is 4.18. The number of halogens is 2. The molecule has 0 heterocycles. The summed E-state index contributed by atoms with van der Waals surface area (Å²) >= 11 is 10.9. The molecular formula is C10H8Cl2O3. The lowest BCUT2D eigenvalue weighted by Crippen LogP contribution is -2.18. The summed E-state index contributed by atoms with van der Waals surface area (Å²) in [5, 5.41) is 0.501. The molecule has 0 radical (unpaired) electrons. The van der Waals surface area contributed by atoms with Gasteiger partial charge in [0.05, 0.1) is 5.88 Å². The molecule has 1 rings (SSSR count). The van der Waals surface area contributed by atoms with Crippen molar-refractivity contribution in [2.24, 2.45) is 0 Å². The van der Waals surface area contributed by atoms with Crippen LogP contribution in [-0.4, -0.2) is 24.2 Å². The van der Waals surface area contributed by atoms with Gasteiger partial charge in [-0.2, -0.15) is 0 Å². The lowest BCUT2D eigenvalue weighted by atomic mass is 10.1. The van der Waals surface area contributed by atoms with Gasteiger partial charge in [-0.3, -0.25) is 4.79 Å². The van der Waals surface area contributed by atoms with Gasteiger partial charge in [0.25, 0.3) is 5.78 Å². The minimum absolute atomic E-state index is 0.0275. The summed E-state index contributed by atoms with van der Waals surface area (Å²) in [7, 11) is 0. The average molecular weight is 247 g/mol. The monoisotopic (exact) mass is 246 g/mol. The fourth-order valence-corrected chi connectivity index (χ4v) is 1.12. The maximum absolute atomic E-state index is 11.4. The predicted molar refractivity (Wildman–Crippen MR) is 57.5 cm³/mol. The van der Waals surface area contributed by atoms with Gasteiger partial charge in [0.15, 0.2) is 0 Å². The Labute approximate surface area is 96.9 Å². The first-order chi connectivity index (χ1) is 7.15. The van der Waals surface area contributed by atoms with E-state index < -0.39 is 11.8 Å². The molecule has 0 N–H and O–H groups in total. The smallest absolute Gasteiger partial charge is 0.379 e. The highest BCUT2D eigenvalue weighted by molar-refractivity contribution is 6.40. The molecule has 1 aromatic rings. The van der Waals surface area contributed by atoms with Gasteiger partial charge >= 0.3 is 5.97 Å². The van der Waals surface area contributed by atoms with Crippen molar-refractivity contribution in [3.05, 3.63) is 34.9 Å². The highest BCUT2D eigenvalue weighted by Crippen LogP contribution is 2.10. The number of hydrogen-bond acceptors (Lipinski definition) is 3. The van der Waals surface area contributed by atoms with E-state index in [1.807, 2.05) is 0 Å². The number of hydrogen-bond donors (Lipinski definition) is 0. The maximum atomic E-state index is 11.4. The molecule has 0 spiro atoms. The van der Waals surface area contributed by atoms with Gasteiger partial charge in [0.1, 0.15) is 6.61 Å². The largest absolute Gasteiger partial charge is 0.458 e. The summed E-state index contributed by atoms with van der Waals surface area (Å²) in [6.45, 7) is 0.0275. The minimum Gasteiger partial charge on any atom is -0.458 e. The number of rotatable bonds is 4. The summed E-state index contributed by atoms with van der Waals surface area (Å²) in [5.74, 6) is -1.44. The highest BCUT2D eigenvalue weighted by Gasteiger charge is 2.17. The van der Waals surface area contributed by atoms with Crippen LogP contribution in [0.25, 0.3) is 0 Å². The lowest BCUT2D eigenvalue weighted by molar-refractivity contribution is -0.137. The first-order valence-corrected chi connectivity index (χ1v) is 5.09. The Hall–Kier alpha value is -1.06. The van der Waals surface area contributed by atoms with Gasteiger partial charge < -0.3 is 4.74 Å².